The number of nitrogens with zero attached hydrogens (tertiary/aromatic N) is 1. The maximum atomic E-state index is 12.2. The van der Waals surface area contributed by atoms with Gasteiger partial charge in [0, 0.05) is 22.9 Å². The fourth-order valence-electron chi connectivity index (χ4n) is 1.78. The molecule has 98 valence electrons. The molecule has 0 radical (unpaired) electrons. The van der Waals surface area contributed by atoms with E-state index in [0.717, 1.165) is 11.4 Å². The van der Waals surface area contributed by atoms with Gasteiger partial charge in [0.05, 0.1) is 0 Å². The molecule has 19 heavy (non-hydrogen) atoms. The summed E-state index contributed by atoms with van der Waals surface area (Å²) in [6, 6.07) is 16.5. The zero-order valence-corrected chi connectivity index (χ0v) is 11.4. The highest BCUT2D eigenvalue weighted by molar-refractivity contribution is 6.30. The number of rotatable bonds is 3. The summed E-state index contributed by atoms with van der Waals surface area (Å²) in [5.41, 5.74) is 1.60. The number of hydrogen-bond donors (Lipinski definition) is 1. The number of anilines is 2. The number of para-hydroxylation sites is 1. The van der Waals surface area contributed by atoms with Crippen molar-refractivity contribution >= 4 is 29.0 Å². The van der Waals surface area contributed by atoms with Crippen LogP contribution in [-0.2, 0) is 0 Å². The Morgan fingerprint density at radius 1 is 1.11 bits per heavy atom. The van der Waals surface area contributed by atoms with Crippen molar-refractivity contribution < 1.29 is 4.79 Å². The second-order valence-electron chi connectivity index (χ2n) is 4.02. The van der Waals surface area contributed by atoms with Gasteiger partial charge in [-0.05, 0) is 43.3 Å². The van der Waals surface area contributed by atoms with Gasteiger partial charge in [-0.1, -0.05) is 29.8 Å². The molecular weight excluding hydrogens is 260 g/mol. The number of amides is 2. The lowest BCUT2D eigenvalue weighted by atomic mass is 10.3. The highest BCUT2D eigenvalue weighted by atomic mass is 35.5. The van der Waals surface area contributed by atoms with Crippen LogP contribution in [0, 0.1) is 0 Å². The van der Waals surface area contributed by atoms with E-state index in [1.54, 1.807) is 29.2 Å². The van der Waals surface area contributed by atoms with Crippen LogP contribution in [0.5, 0.6) is 0 Å². The summed E-state index contributed by atoms with van der Waals surface area (Å²) in [6.07, 6.45) is 0. The summed E-state index contributed by atoms with van der Waals surface area (Å²) in [5, 5.41) is 3.49. The Balaban J connectivity index is 2.11. The van der Waals surface area contributed by atoms with Gasteiger partial charge in [0.2, 0.25) is 0 Å². The van der Waals surface area contributed by atoms with Gasteiger partial charge in [-0.2, -0.15) is 0 Å². The van der Waals surface area contributed by atoms with Crippen molar-refractivity contribution in [1.29, 1.82) is 0 Å². The van der Waals surface area contributed by atoms with Gasteiger partial charge >= 0.3 is 6.03 Å². The normalized spacial score (nSPS) is 10.0. The third-order valence-corrected chi connectivity index (χ3v) is 2.98. The van der Waals surface area contributed by atoms with Crippen LogP contribution in [0.3, 0.4) is 0 Å². The van der Waals surface area contributed by atoms with Gasteiger partial charge < -0.3 is 5.32 Å². The maximum absolute atomic E-state index is 12.2. The third kappa shape index (κ3) is 3.48. The van der Waals surface area contributed by atoms with Crippen LogP contribution in [0.1, 0.15) is 6.92 Å². The maximum Gasteiger partial charge on any atom is 0.326 e. The average molecular weight is 275 g/mol. The van der Waals surface area contributed by atoms with Crippen LogP contribution in [0.15, 0.2) is 54.6 Å². The second-order valence-corrected chi connectivity index (χ2v) is 4.45. The fourth-order valence-corrected chi connectivity index (χ4v) is 1.90. The van der Waals surface area contributed by atoms with Gasteiger partial charge in [0.15, 0.2) is 0 Å². The lowest BCUT2D eigenvalue weighted by Crippen LogP contribution is -2.34. The minimum absolute atomic E-state index is 0.156. The Morgan fingerprint density at radius 2 is 1.74 bits per heavy atom. The number of benzene rings is 2. The number of carbonyl (C=O) groups is 1. The first kappa shape index (κ1) is 13.4. The summed E-state index contributed by atoms with van der Waals surface area (Å²) in [4.78, 5) is 13.9. The third-order valence-electron chi connectivity index (χ3n) is 2.72. The summed E-state index contributed by atoms with van der Waals surface area (Å²) in [5.74, 6) is 0. The van der Waals surface area contributed by atoms with E-state index in [9.17, 15) is 4.79 Å². The standard InChI is InChI=1S/C15H15ClN2O/c1-2-18(14-6-4-3-5-7-14)15(19)17-13-10-8-12(16)9-11-13/h3-11H,2H2,1H3,(H,17,19). The van der Waals surface area contributed by atoms with Crippen molar-refractivity contribution in [3.63, 3.8) is 0 Å². The molecule has 0 atom stereocenters. The molecule has 2 aromatic carbocycles. The van der Waals surface area contributed by atoms with Crippen molar-refractivity contribution in [1.82, 2.24) is 0 Å². The second kappa shape index (κ2) is 6.25. The van der Waals surface area contributed by atoms with Gasteiger partial charge in [0.25, 0.3) is 0 Å². The SMILES string of the molecule is CCN(C(=O)Nc1ccc(Cl)cc1)c1ccccc1. The molecule has 4 heteroatoms. The van der Waals surface area contributed by atoms with E-state index >= 15 is 0 Å². The molecule has 2 aromatic rings. The largest absolute Gasteiger partial charge is 0.326 e. The summed E-state index contributed by atoms with van der Waals surface area (Å²) < 4.78 is 0. The number of urea groups is 1. The van der Waals surface area contributed by atoms with Crippen molar-refractivity contribution in [3.05, 3.63) is 59.6 Å². The van der Waals surface area contributed by atoms with Crippen LogP contribution in [0.25, 0.3) is 0 Å². The summed E-state index contributed by atoms with van der Waals surface area (Å²) in [6.45, 7) is 2.54. The Hall–Kier alpha value is -2.00. The minimum Gasteiger partial charge on any atom is -0.308 e. The molecule has 2 amide bonds. The smallest absolute Gasteiger partial charge is 0.308 e. The average Bonchev–Trinajstić information content (AvgIpc) is 2.43. The summed E-state index contributed by atoms with van der Waals surface area (Å²) in [7, 11) is 0. The van der Waals surface area contributed by atoms with Crippen LogP contribution in [-0.4, -0.2) is 12.6 Å². The lowest BCUT2D eigenvalue weighted by molar-refractivity contribution is 0.257. The molecule has 3 nitrogen and oxygen atoms in total. The van der Waals surface area contributed by atoms with Crippen molar-refractivity contribution in [3.8, 4) is 0 Å². The fraction of sp³-hybridized carbons (Fsp3) is 0.133. The van der Waals surface area contributed by atoms with E-state index in [0.29, 0.717) is 11.6 Å². The van der Waals surface area contributed by atoms with Crippen LogP contribution in [0.2, 0.25) is 5.02 Å². The first-order valence-corrected chi connectivity index (χ1v) is 6.47. The Bertz CT molecular complexity index is 540. The topological polar surface area (TPSA) is 32.3 Å². The van der Waals surface area contributed by atoms with Gasteiger partial charge in [-0.25, -0.2) is 4.79 Å². The molecule has 0 fully saturated rings. The first-order chi connectivity index (χ1) is 9.20. The first-order valence-electron chi connectivity index (χ1n) is 6.10. The molecule has 1 N–H and O–H groups in total. The molecule has 2 rings (SSSR count). The molecule has 0 unspecified atom stereocenters. The Morgan fingerprint density at radius 3 is 2.32 bits per heavy atom. The highest BCUT2D eigenvalue weighted by Crippen LogP contribution is 2.17. The molecule has 0 saturated heterocycles. The molecule has 0 saturated carbocycles. The molecule has 0 aliphatic heterocycles. The van der Waals surface area contributed by atoms with Gasteiger partial charge in [-0.15, -0.1) is 0 Å². The van der Waals surface area contributed by atoms with E-state index in [1.165, 1.54) is 0 Å². The monoisotopic (exact) mass is 274 g/mol. The quantitative estimate of drug-likeness (QED) is 0.884. The van der Waals surface area contributed by atoms with E-state index in [-0.39, 0.29) is 6.03 Å². The van der Waals surface area contributed by atoms with Crippen molar-refractivity contribution in [2.24, 2.45) is 0 Å². The van der Waals surface area contributed by atoms with Gasteiger partial charge in [0.1, 0.15) is 0 Å². The number of carbonyl (C=O) groups excluding carboxylic acids is 1. The van der Waals surface area contributed by atoms with Crippen molar-refractivity contribution in [2.45, 2.75) is 6.92 Å². The Labute approximate surface area is 117 Å². The molecule has 0 aromatic heterocycles. The van der Waals surface area contributed by atoms with Gasteiger partial charge in [-0.3, -0.25) is 4.90 Å². The molecule has 0 spiro atoms. The van der Waals surface area contributed by atoms with Crippen LogP contribution < -0.4 is 10.2 Å². The van der Waals surface area contributed by atoms with E-state index < -0.39 is 0 Å². The number of nitrogens with one attached hydrogen (secondary N) is 1. The Kier molecular flexibility index (Phi) is 4.42. The lowest BCUT2D eigenvalue weighted by Gasteiger charge is -2.21. The predicted molar refractivity (Wildman–Crippen MR) is 79.9 cm³/mol. The van der Waals surface area contributed by atoms with Crippen LogP contribution in [0.4, 0.5) is 16.2 Å². The van der Waals surface area contributed by atoms with E-state index in [1.807, 2.05) is 37.3 Å². The minimum atomic E-state index is -0.156. The predicted octanol–water partition coefficient (Wildman–Crippen LogP) is 4.40. The van der Waals surface area contributed by atoms with Crippen molar-refractivity contribution in [2.75, 3.05) is 16.8 Å². The zero-order chi connectivity index (χ0) is 13.7. The zero-order valence-electron chi connectivity index (χ0n) is 10.6. The van der Waals surface area contributed by atoms with E-state index in [4.69, 9.17) is 11.6 Å². The molecule has 0 aliphatic carbocycles. The number of hydrogen-bond acceptors (Lipinski definition) is 1. The highest BCUT2D eigenvalue weighted by Gasteiger charge is 2.13. The number of halogens is 1. The molecule has 0 heterocycles. The summed E-state index contributed by atoms with van der Waals surface area (Å²) >= 11 is 5.81. The van der Waals surface area contributed by atoms with E-state index in [2.05, 4.69) is 5.32 Å². The molecule has 0 aliphatic rings. The van der Waals surface area contributed by atoms with Crippen LogP contribution >= 0.6 is 11.6 Å². The molecular formula is C15H15ClN2O. The molecule has 0 bridgehead atoms.